The molecule has 0 rings (SSSR count). The second kappa shape index (κ2) is 3.81. The number of rotatable bonds is 2. The maximum atomic E-state index is 11.5. The Morgan fingerprint density at radius 1 is 1.70 bits per heavy atom. The van der Waals surface area contributed by atoms with Gasteiger partial charge in [0.25, 0.3) is 6.43 Å². The number of halogens is 2. The quantitative estimate of drug-likeness (QED) is 0.455. The van der Waals surface area contributed by atoms with E-state index in [-0.39, 0.29) is 0 Å². The molecule has 0 spiro atoms. The monoisotopic (exact) mass is 151 g/mol. The third kappa shape index (κ3) is 3.01. The van der Waals surface area contributed by atoms with Gasteiger partial charge in [-0.05, 0) is 0 Å². The van der Waals surface area contributed by atoms with Crippen LogP contribution in [-0.2, 0) is 9.53 Å². The van der Waals surface area contributed by atoms with Crippen LogP contribution in [0.4, 0.5) is 8.78 Å². The maximum absolute atomic E-state index is 11.5. The van der Waals surface area contributed by atoms with Crippen LogP contribution >= 0.6 is 0 Å². The van der Waals surface area contributed by atoms with Gasteiger partial charge in [-0.2, -0.15) is 0 Å². The van der Waals surface area contributed by atoms with Gasteiger partial charge in [0.1, 0.15) is 0 Å². The van der Waals surface area contributed by atoms with E-state index in [2.05, 4.69) is 4.74 Å². The van der Waals surface area contributed by atoms with E-state index in [1.807, 2.05) is 0 Å². The highest BCUT2D eigenvalue weighted by Crippen LogP contribution is 2.00. The summed E-state index contributed by atoms with van der Waals surface area (Å²) in [6.45, 7) is 0. The molecular formula is C5H7F2NO2. The fourth-order valence-electron chi connectivity index (χ4n) is 0.258. The lowest BCUT2D eigenvalue weighted by molar-refractivity contribution is -0.135. The molecule has 0 aliphatic heterocycles. The Hall–Kier alpha value is -1.13. The molecule has 0 atom stereocenters. The van der Waals surface area contributed by atoms with Crippen LogP contribution < -0.4 is 5.73 Å². The van der Waals surface area contributed by atoms with Crippen LogP contribution in [0.25, 0.3) is 0 Å². The van der Waals surface area contributed by atoms with Crippen LogP contribution in [0.3, 0.4) is 0 Å². The van der Waals surface area contributed by atoms with E-state index in [0.717, 1.165) is 7.11 Å². The topological polar surface area (TPSA) is 52.3 Å². The summed E-state index contributed by atoms with van der Waals surface area (Å²) in [5.41, 5.74) is 3.92. The molecule has 0 saturated carbocycles. The summed E-state index contributed by atoms with van der Waals surface area (Å²) in [6, 6.07) is 0. The molecule has 0 aromatic rings. The van der Waals surface area contributed by atoms with Crippen molar-refractivity contribution in [3.8, 4) is 0 Å². The smallest absolute Gasteiger partial charge is 0.332 e. The summed E-state index contributed by atoms with van der Waals surface area (Å²) in [4.78, 5) is 10.2. The Morgan fingerprint density at radius 2 is 2.20 bits per heavy atom. The van der Waals surface area contributed by atoms with Crippen LogP contribution in [0.5, 0.6) is 0 Å². The summed E-state index contributed by atoms with van der Waals surface area (Å²) < 4.78 is 27.1. The predicted octanol–water partition coefficient (Wildman–Crippen LogP) is 0.267. The number of nitrogens with two attached hydrogens (primary N) is 1. The van der Waals surface area contributed by atoms with E-state index in [9.17, 15) is 13.6 Å². The van der Waals surface area contributed by atoms with E-state index in [1.165, 1.54) is 0 Å². The van der Waals surface area contributed by atoms with Gasteiger partial charge >= 0.3 is 5.97 Å². The SMILES string of the molecule is COC(=O)C=C(N)C(F)F. The van der Waals surface area contributed by atoms with Gasteiger partial charge in [0.2, 0.25) is 0 Å². The molecular weight excluding hydrogens is 144 g/mol. The highest BCUT2D eigenvalue weighted by molar-refractivity contribution is 5.82. The molecule has 0 aromatic carbocycles. The van der Waals surface area contributed by atoms with Crippen molar-refractivity contribution in [2.75, 3.05) is 7.11 Å². The van der Waals surface area contributed by atoms with Gasteiger partial charge in [-0.3, -0.25) is 0 Å². The van der Waals surface area contributed by atoms with Crippen molar-refractivity contribution < 1.29 is 18.3 Å². The van der Waals surface area contributed by atoms with Crippen molar-refractivity contribution in [3.63, 3.8) is 0 Å². The molecule has 5 heteroatoms. The lowest BCUT2D eigenvalue weighted by Crippen LogP contribution is -2.10. The van der Waals surface area contributed by atoms with E-state index < -0.39 is 18.1 Å². The summed E-state index contributed by atoms with van der Waals surface area (Å²) in [6.07, 6.45) is -2.26. The molecule has 0 saturated heterocycles. The molecule has 2 N–H and O–H groups in total. The van der Waals surface area contributed by atoms with Gasteiger partial charge in [-0.25, -0.2) is 13.6 Å². The summed E-state index contributed by atoms with van der Waals surface area (Å²) >= 11 is 0. The molecule has 0 unspecified atom stereocenters. The minimum atomic E-state index is -2.81. The van der Waals surface area contributed by atoms with Crippen molar-refractivity contribution in [1.82, 2.24) is 0 Å². The third-order valence-corrected chi connectivity index (χ3v) is 0.738. The second-order valence-corrected chi connectivity index (χ2v) is 1.47. The van der Waals surface area contributed by atoms with Gasteiger partial charge in [0.15, 0.2) is 0 Å². The molecule has 0 aliphatic rings. The minimum Gasteiger partial charge on any atom is -0.466 e. The number of hydrogen-bond donors (Lipinski definition) is 1. The predicted molar refractivity (Wildman–Crippen MR) is 30.3 cm³/mol. The Bertz CT molecular complexity index is 156. The Morgan fingerprint density at radius 3 is 2.50 bits per heavy atom. The number of esters is 1. The van der Waals surface area contributed by atoms with Crippen LogP contribution in [0, 0.1) is 0 Å². The van der Waals surface area contributed by atoms with Crippen LogP contribution in [0.1, 0.15) is 0 Å². The number of methoxy groups -OCH3 is 1. The number of hydrogen-bond acceptors (Lipinski definition) is 3. The van der Waals surface area contributed by atoms with Crippen molar-refractivity contribution in [2.24, 2.45) is 5.73 Å². The molecule has 0 amide bonds. The molecule has 0 aliphatic carbocycles. The summed E-state index contributed by atoms with van der Waals surface area (Å²) in [7, 11) is 1.08. The van der Waals surface area contributed by atoms with E-state index >= 15 is 0 Å². The zero-order valence-electron chi connectivity index (χ0n) is 5.30. The lowest BCUT2D eigenvalue weighted by Gasteiger charge is -1.96. The first kappa shape index (κ1) is 8.87. The Labute approximate surface area is 56.5 Å². The molecule has 0 fully saturated rings. The number of ether oxygens (including phenoxy) is 1. The number of alkyl halides is 2. The summed E-state index contributed by atoms with van der Waals surface area (Å²) in [5, 5.41) is 0. The molecule has 0 radical (unpaired) electrons. The van der Waals surface area contributed by atoms with Gasteiger partial charge in [0.05, 0.1) is 12.8 Å². The van der Waals surface area contributed by atoms with Crippen molar-refractivity contribution in [3.05, 3.63) is 11.8 Å². The van der Waals surface area contributed by atoms with Crippen LogP contribution in [0.15, 0.2) is 11.8 Å². The zero-order chi connectivity index (χ0) is 8.15. The maximum Gasteiger partial charge on any atom is 0.332 e. The highest BCUT2D eigenvalue weighted by Gasteiger charge is 2.07. The molecule has 0 bridgehead atoms. The normalized spacial score (nSPS) is 11.8. The molecule has 0 aromatic heterocycles. The average Bonchev–Trinajstić information content (AvgIpc) is 1.87. The van der Waals surface area contributed by atoms with Gasteiger partial charge in [0, 0.05) is 6.08 Å². The standard InChI is InChI=1S/C5H7F2NO2/c1-10-4(9)2-3(8)5(6)7/h2,5H,8H2,1H3. The first-order valence-corrected chi connectivity index (χ1v) is 2.41. The summed E-state index contributed by atoms with van der Waals surface area (Å²) in [5.74, 6) is -0.877. The minimum absolute atomic E-state index is 0.546. The van der Waals surface area contributed by atoms with E-state index in [4.69, 9.17) is 5.73 Å². The third-order valence-electron chi connectivity index (χ3n) is 0.738. The zero-order valence-corrected chi connectivity index (χ0v) is 5.30. The number of carbonyl (C=O) groups excluding carboxylic acids is 1. The average molecular weight is 151 g/mol. The second-order valence-electron chi connectivity index (χ2n) is 1.47. The van der Waals surface area contributed by atoms with Crippen molar-refractivity contribution in [2.45, 2.75) is 6.43 Å². The van der Waals surface area contributed by atoms with E-state index in [1.54, 1.807) is 0 Å². The molecule has 10 heavy (non-hydrogen) atoms. The number of carbonyl (C=O) groups is 1. The first-order valence-electron chi connectivity index (χ1n) is 2.41. The molecule has 58 valence electrons. The van der Waals surface area contributed by atoms with Crippen LogP contribution in [0.2, 0.25) is 0 Å². The first-order chi connectivity index (χ1) is 4.57. The lowest BCUT2D eigenvalue weighted by atomic mass is 10.4. The van der Waals surface area contributed by atoms with Crippen LogP contribution in [-0.4, -0.2) is 19.5 Å². The van der Waals surface area contributed by atoms with Gasteiger partial charge in [-0.15, -0.1) is 0 Å². The number of allylic oxidation sites excluding steroid dienone is 1. The largest absolute Gasteiger partial charge is 0.466 e. The van der Waals surface area contributed by atoms with Gasteiger partial charge < -0.3 is 10.5 Å². The van der Waals surface area contributed by atoms with E-state index in [0.29, 0.717) is 6.08 Å². The van der Waals surface area contributed by atoms with Gasteiger partial charge in [-0.1, -0.05) is 0 Å². The van der Waals surface area contributed by atoms with Crippen molar-refractivity contribution in [1.29, 1.82) is 0 Å². The van der Waals surface area contributed by atoms with Crippen molar-refractivity contribution >= 4 is 5.97 Å². The fourth-order valence-corrected chi connectivity index (χ4v) is 0.258. The highest BCUT2D eigenvalue weighted by atomic mass is 19.3. The fraction of sp³-hybridized carbons (Fsp3) is 0.400. The molecule has 3 nitrogen and oxygen atoms in total. The Kier molecular flexibility index (Phi) is 3.38. The molecule has 0 heterocycles. The Balaban J connectivity index is 4.03.